The highest BCUT2D eigenvalue weighted by atomic mass is 79.9. The summed E-state index contributed by atoms with van der Waals surface area (Å²) in [4.78, 5) is 41.4. The van der Waals surface area contributed by atoms with E-state index in [4.69, 9.17) is 9.57 Å². The fourth-order valence-corrected chi connectivity index (χ4v) is 2.52. The minimum Gasteiger partial charge on any atom is -0.462 e. The number of carbonyl (C=O) groups is 3. The lowest BCUT2D eigenvalue weighted by atomic mass is 10.1. The van der Waals surface area contributed by atoms with Gasteiger partial charge in [-0.1, -0.05) is 12.1 Å². The van der Waals surface area contributed by atoms with E-state index in [9.17, 15) is 14.4 Å². The molecule has 3 rings (SSSR count). The van der Waals surface area contributed by atoms with Gasteiger partial charge in [0.1, 0.15) is 12.2 Å². The van der Waals surface area contributed by atoms with Crippen LogP contribution in [0.5, 0.6) is 0 Å². The molecule has 1 aromatic heterocycles. The molecule has 1 aliphatic rings. The van der Waals surface area contributed by atoms with Crippen molar-refractivity contribution in [2.24, 2.45) is 0 Å². The van der Waals surface area contributed by atoms with Crippen molar-refractivity contribution in [3.8, 4) is 0 Å². The second-order valence-corrected chi connectivity index (χ2v) is 5.33. The number of benzene rings is 1. The summed E-state index contributed by atoms with van der Waals surface area (Å²) in [7, 11) is 0. The molecule has 1 aromatic carbocycles. The summed E-state index contributed by atoms with van der Waals surface area (Å²) in [5.41, 5.74) is 1.10. The summed E-state index contributed by atoms with van der Waals surface area (Å²) in [6.45, 7) is 2.50. The van der Waals surface area contributed by atoms with Crippen molar-refractivity contribution in [2.75, 3.05) is 13.2 Å². The molecule has 0 atom stereocenters. The monoisotopic (exact) mass is 421 g/mol. The van der Waals surface area contributed by atoms with Crippen molar-refractivity contribution in [2.45, 2.75) is 13.5 Å². The van der Waals surface area contributed by atoms with Gasteiger partial charge < -0.3 is 4.74 Å². The maximum absolute atomic E-state index is 12.2. The molecule has 0 saturated carbocycles. The number of hydrogen-bond donors (Lipinski definition) is 0. The van der Waals surface area contributed by atoms with Gasteiger partial charge in [-0.05, 0) is 25.1 Å². The highest BCUT2D eigenvalue weighted by Crippen LogP contribution is 2.22. The Labute approximate surface area is 160 Å². The fraction of sp³-hybridized carbons (Fsp3) is 0.222. The van der Waals surface area contributed by atoms with Crippen LogP contribution in [0.4, 0.5) is 0 Å². The van der Waals surface area contributed by atoms with Crippen molar-refractivity contribution >= 4 is 34.8 Å². The Morgan fingerprint density at radius 1 is 1.08 bits per heavy atom. The molecular formula is C18H18BrN2O5+. The highest BCUT2D eigenvalue weighted by molar-refractivity contribution is 8.93. The van der Waals surface area contributed by atoms with Gasteiger partial charge in [-0.25, -0.2) is 9.36 Å². The molecule has 0 spiro atoms. The third-order valence-electron chi connectivity index (χ3n) is 3.70. The van der Waals surface area contributed by atoms with Crippen molar-refractivity contribution in [3.63, 3.8) is 0 Å². The van der Waals surface area contributed by atoms with Crippen molar-refractivity contribution in [1.82, 2.24) is 5.06 Å². The van der Waals surface area contributed by atoms with Gasteiger partial charge >= 0.3 is 5.97 Å². The molecule has 0 unspecified atom stereocenters. The lowest BCUT2D eigenvalue weighted by molar-refractivity contribution is -0.699. The minimum absolute atomic E-state index is 0. The van der Waals surface area contributed by atoms with Gasteiger partial charge in [0.05, 0.1) is 17.7 Å². The molecule has 0 radical (unpaired) electrons. The summed E-state index contributed by atoms with van der Waals surface area (Å²) in [6.07, 6.45) is 3.39. The van der Waals surface area contributed by atoms with Crippen LogP contribution in [-0.4, -0.2) is 36.1 Å². The number of hydrogen-bond acceptors (Lipinski definition) is 5. The van der Waals surface area contributed by atoms with Gasteiger partial charge in [-0.15, -0.1) is 22.0 Å². The summed E-state index contributed by atoms with van der Waals surface area (Å²) >= 11 is 0. The molecule has 136 valence electrons. The maximum atomic E-state index is 12.2. The van der Waals surface area contributed by atoms with Gasteiger partial charge in [-0.3, -0.25) is 14.4 Å². The van der Waals surface area contributed by atoms with Crippen LogP contribution in [0.2, 0.25) is 0 Å². The third kappa shape index (κ3) is 3.97. The molecule has 0 aliphatic carbocycles. The molecule has 2 amide bonds. The number of nitrogens with zero attached hydrogens (tertiary/aromatic N) is 2. The van der Waals surface area contributed by atoms with E-state index in [0.717, 1.165) is 5.06 Å². The first-order valence-corrected chi connectivity index (χ1v) is 7.88. The van der Waals surface area contributed by atoms with Gasteiger partial charge in [-0.2, -0.15) is 0 Å². The topological polar surface area (TPSA) is 76.8 Å². The molecule has 1 aliphatic heterocycles. The molecule has 2 aromatic rings. The quantitative estimate of drug-likeness (QED) is 0.404. The minimum atomic E-state index is -0.467. The summed E-state index contributed by atoms with van der Waals surface area (Å²) in [6, 6.07) is 9.95. The van der Waals surface area contributed by atoms with E-state index in [1.165, 1.54) is 0 Å². The van der Waals surface area contributed by atoms with Crippen LogP contribution in [0.15, 0.2) is 48.8 Å². The molecule has 0 bridgehead atoms. The molecule has 0 N–H and O–H groups in total. The molecule has 26 heavy (non-hydrogen) atoms. The van der Waals surface area contributed by atoms with Crippen LogP contribution < -0.4 is 4.57 Å². The zero-order valence-corrected chi connectivity index (χ0v) is 15.8. The Morgan fingerprint density at radius 3 is 2.35 bits per heavy atom. The number of imide groups is 1. The van der Waals surface area contributed by atoms with Crippen LogP contribution in [0, 0.1) is 0 Å². The number of esters is 1. The van der Waals surface area contributed by atoms with Crippen LogP contribution in [0.25, 0.3) is 0 Å². The first-order chi connectivity index (χ1) is 12.1. The maximum Gasteiger partial charge on any atom is 0.344 e. The third-order valence-corrected chi connectivity index (χ3v) is 3.70. The largest absolute Gasteiger partial charge is 0.462 e. The van der Waals surface area contributed by atoms with Crippen LogP contribution in [0.3, 0.4) is 0 Å². The number of amides is 2. The van der Waals surface area contributed by atoms with E-state index in [-0.39, 0.29) is 23.6 Å². The number of halogens is 1. The fourth-order valence-electron chi connectivity index (χ4n) is 2.52. The lowest BCUT2D eigenvalue weighted by Gasteiger charge is -2.11. The number of carbonyl (C=O) groups excluding carboxylic acids is 3. The second kappa shape index (κ2) is 8.68. The normalized spacial score (nSPS) is 12.6. The number of hydroxylamine groups is 2. The average Bonchev–Trinajstić information content (AvgIpc) is 2.87. The summed E-state index contributed by atoms with van der Waals surface area (Å²) in [5, 5.41) is 0.778. The molecule has 0 saturated heterocycles. The van der Waals surface area contributed by atoms with Crippen LogP contribution in [0.1, 0.15) is 38.0 Å². The van der Waals surface area contributed by atoms with Gasteiger partial charge in [0.25, 0.3) is 11.8 Å². The van der Waals surface area contributed by atoms with Crippen molar-refractivity contribution < 1.29 is 28.5 Å². The number of aromatic nitrogens is 1. The van der Waals surface area contributed by atoms with E-state index in [1.807, 2.05) is 0 Å². The summed E-state index contributed by atoms with van der Waals surface area (Å²) < 4.78 is 6.68. The predicted octanol–water partition coefficient (Wildman–Crippen LogP) is 1.96. The Kier molecular flexibility index (Phi) is 6.59. The van der Waals surface area contributed by atoms with Crippen LogP contribution in [-0.2, 0) is 16.1 Å². The number of rotatable bonds is 6. The standard InChI is InChI=1S/C18H17N2O5.BrH/c1-2-24-18(23)13-6-5-9-19(12-13)10-11-25-20-16(21)14-7-3-4-8-15(14)17(20)22;/h3-9,12H,2,10-11H2,1H3;1H/q+1;. The molecule has 2 heterocycles. The van der Waals surface area contributed by atoms with E-state index < -0.39 is 17.8 Å². The molecule has 7 nitrogen and oxygen atoms in total. The van der Waals surface area contributed by atoms with Crippen molar-refractivity contribution in [3.05, 3.63) is 65.5 Å². The number of pyridine rings is 1. The second-order valence-electron chi connectivity index (χ2n) is 5.33. The summed E-state index contributed by atoms with van der Waals surface area (Å²) in [5.74, 6) is -1.34. The first-order valence-electron chi connectivity index (χ1n) is 7.88. The van der Waals surface area contributed by atoms with E-state index >= 15 is 0 Å². The Balaban J connectivity index is 0.00000243. The van der Waals surface area contributed by atoms with Gasteiger partial charge in [0, 0.05) is 6.07 Å². The predicted molar refractivity (Wildman–Crippen MR) is 95.8 cm³/mol. The highest BCUT2D eigenvalue weighted by Gasteiger charge is 2.36. The Morgan fingerprint density at radius 2 is 1.73 bits per heavy atom. The lowest BCUT2D eigenvalue weighted by Crippen LogP contribution is -2.39. The first kappa shape index (κ1) is 19.7. The van der Waals surface area contributed by atoms with Crippen molar-refractivity contribution in [1.29, 1.82) is 0 Å². The Hall–Kier alpha value is -2.58. The zero-order chi connectivity index (χ0) is 17.8. The van der Waals surface area contributed by atoms with Gasteiger partial charge in [0.2, 0.25) is 0 Å². The molecule has 8 heteroatoms. The van der Waals surface area contributed by atoms with Gasteiger partial charge in [0.15, 0.2) is 18.9 Å². The zero-order valence-electron chi connectivity index (χ0n) is 14.1. The number of ether oxygens (including phenoxy) is 1. The smallest absolute Gasteiger partial charge is 0.344 e. The van der Waals surface area contributed by atoms with Crippen LogP contribution >= 0.6 is 17.0 Å². The number of fused-ring (bicyclic) bond motifs is 1. The SMILES string of the molecule is Br.CCOC(=O)c1ccc[n+](CCON2C(=O)c3ccccc3C2=O)c1. The van der Waals surface area contributed by atoms with E-state index in [0.29, 0.717) is 29.8 Å². The molecule has 0 fully saturated rings. The van der Waals surface area contributed by atoms with E-state index in [1.54, 1.807) is 60.3 Å². The Bertz CT molecular complexity index is 805. The average molecular weight is 422 g/mol. The van der Waals surface area contributed by atoms with E-state index in [2.05, 4.69) is 0 Å². The molecular weight excluding hydrogens is 404 g/mol.